The third kappa shape index (κ3) is 1.09. The summed E-state index contributed by atoms with van der Waals surface area (Å²) in [5.41, 5.74) is 5.27. The molecule has 0 saturated heterocycles. The largest absolute Gasteiger partial charge is 0.264 e. The lowest BCUT2D eigenvalue weighted by Crippen LogP contribution is -2.44. The van der Waals surface area contributed by atoms with E-state index in [-0.39, 0.29) is 0 Å². The Morgan fingerprint density at radius 1 is 0.700 bits per heavy atom. The van der Waals surface area contributed by atoms with Crippen LogP contribution in [0.15, 0.2) is 67.0 Å². The third-order valence-corrected chi connectivity index (χ3v) is 4.13. The molecule has 3 aliphatic rings. The van der Waals surface area contributed by atoms with Crippen molar-refractivity contribution in [1.82, 2.24) is 10.0 Å². The zero-order valence-electron chi connectivity index (χ0n) is 10.8. The van der Waals surface area contributed by atoms with Gasteiger partial charge < -0.3 is 0 Å². The molecule has 2 nitrogen and oxygen atoms in total. The molecule has 0 bridgehead atoms. The van der Waals surface area contributed by atoms with Crippen molar-refractivity contribution < 1.29 is 0 Å². The van der Waals surface area contributed by atoms with Crippen LogP contribution in [0.25, 0.3) is 23.0 Å². The molecule has 0 N–H and O–H groups in total. The highest BCUT2D eigenvalue weighted by Crippen LogP contribution is 2.35. The topological polar surface area (TPSA) is 6.48 Å². The zero-order valence-corrected chi connectivity index (χ0v) is 10.8. The van der Waals surface area contributed by atoms with Gasteiger partial charge in [0.25, 0.3) is 0 Å². The number of benzene rings is 2. The van der Waals surface area contributed by atoms with E-state index in [2.05, 4.69) is 83.2 Å². The molecule has 0 fully saturated rings. The van der Waals surface area contributed by atoms with Crippen LogP contribution in [0.4, 0.5) is 0 Å². The summed E-state index contributed by atoms with van der Waals surface area (Å²) in [6, 6.07) is 15.2. The Kier molecular flexibility index (Phi) is 1.73. The van der Waals surface area contributed by atoms with Gasteiger partial charge in [-0.15, -0.1) is 0 Å². The Morgan fingerprint density at radius 3 is 2.45 bits per heavy atom. The molecular formula is C18H12N2. The van der Waals surface area contributed by atoms with E-state index in [0.29, 0.717) is 0 Å². The summed E-state index contributed by atoms with van der Waals surface area (Å²) in [5, 5.41) is 7.00. The van der Waals surface area contributed by atoms with Crippen LogP contribution in [0, 0.1) is 0 Å². The van der Waals surface area contributed by atoms with E-state index in [4.69, 9.17) is 0 Å². The Labute approximate surface area is 116 Å². The van der Waals surface area contributed by atoms with E-state index >= 15 is 0 Å². The van der Waals surface area contributed by atoms with Crippen molar-refractivity contribution >= 4 is 11.9 Å². The van der Waals surface area contributed by atoms with Gasteiger partial charge in [0.05, 0.1) is 5.70 Å². The van der Waals surface area contributed by atoms with Crippen molar-refractivity contribution in [3.8, 4) is 11.1 Å². The number of hydrazine groups is 1. The van der Waals surface area contributed by atoms with E-state index in [1.807, 2.05) is 0 Å². The normalized spacial score (nSPS) is 16.7. The molecule has 0 atom stereocenters. The lowest BCUT2D eigenvalue weighted by molar-refractivity contribution is 0.237. The molecule has 0 radical (unpaired) electrons. The van der Waals surface area contributed by atoms with Gasteiger partial charge in [-0.2, -0.15) is 0 Å². The molecule has 2 heteroatoms. The molecular weight excluding hydrogens is 244 g/mol. The van der Waals surface area contributed by atoms with E-state index in [1.165, 1.54) is 32.8 Å². The summed E-state index contributed by atoms with van der Waals surface area (Å²) in [4.78, 5) is 0. The standard InChI is InChI=1S/C18H12N2/c1-2-8-16-14(7-1)15-9-5-6-13-12-19-10-3-4-11-20(19)18(16)17(13)15/h1-12H. The first-order valence-corrected chi connectivity index (χ1v) is 6.81. The van der Waals surface area contributed by atoms with Gasteiger partial charge in [-0.3, -0.25) is 10.0 Å². The fraction of sp³-hybridized carbons (Fsp3) is 0. The molecule has 0 aromatic heterocycles. The minimum absolute atomic E-state index is 1.28. The second-order valence-electron chi connectivity index (χ2n) is 5.20. The van der Waals surface area contributed by atoms with Crippen molar-refractivity contribution in [3.05, 3.63) is 83.0 Å². The summed E-state index contributed by atoms with van der Waals surface area (Å²) in [7, 11) is 0. The van der Waals surface area contributed by atoms with Crippen LogP contribution < -0.4 is 10.4 Å². The van der Waals surface area contributed by atoms with Crippen molar-refractivity contribution in [2.75, 3.05) is 0 Å². The van der Waals surface area contributed by atoms with Gasteiger partial charge >= 0.3 is 0 Å². The quantitative estimate of drug-likeness (QED) is 0.712. The fourth-order valence-electron chi connectivity index (χ4n) is 3.32. The zero-order chi connectivity index (χ0) is 13.1. The van der Waals surface area contributed by atoms with E-state index in [9.17, 15) is 0 Å². The van der Waals surface area contributed by atoms with Gasteiger partial charge in [0.15, 0.2) is 0 Å². The highest BCUT2D eigenvalue weighted by atomic mass is 15.6. The van der Waals surface area contributed by atoms with Gasteiger partial charge in [-0.05, 0) is 23.3 Å². The van der Waals surface area contributed by atoms with Crippen molar-refractivity contribution in [2.45, 2.75) is 0 Å². The summed E-state index contributed by atoms with van der Waals surface area (Å²) in [5.74, 6) is 0. The second-order valence-corrected chi connectivity index (χ2v) is 5.20. The maximum absolute atomic E-state index is 2.22. The molecule has 0 unspecified atom stereocenters. The summed E-state index contributed by atoms with van der Waals surface area (Å²) < 4.78 is 0. The third-order valence-electron chi connectivity index (χ3n) is 4.13. The summed E-state index contributed by atoms with van der Waals surface area (Å²) in [6.07, 6.45) is 10.5. The number of fused-ring (bicyclic) bond motifs is 5. The average Bonchev–Trinajstić information content (AvgIpc) is 2.85. The molecule has 2 aliphatic heterocycles. The molecule has 2 aromatic rings. The smallest absolute Gasteiger partial charge is 0.0793 e. The molecule has 5 rings (SSSR count). The Hall–Kier alpha value is -2.74. The number of allylic oxidation sites excluding steroid dienone is 2. The van der Waals surface area contributed by atoms with Crippen molar-refractivity contribution in [1.29, 1.82) is 0 Å². The van der Waals surface area contributed by atoms with Gasteiger partial charge in [-0.1, -0.05) is 42.5 Å². The number of rotatable bonds is 0. The maximum atomic E-state index is 2.22. The molecule has 2 aromatic carbocycles. The van der Waals surface area contributed by atoms with Crippen LogP contribution in [0.3, 0.4) is 0 Å². The number of hydrogen-bond acceptors (Lipinski definition) is 2. The molecule has 0 saturated carbocycles. The first-order chi connectivity index (χ1) is 9.93. The second kappa shape index (κ2) is 3.42. The van der Waals surface area contributed by atoms with Crippen LogP contribution in [-0.4, -0.2) is 10.0 Å². The van der Waals surface area contributed by atoms with E-state index < -0.39 is 0 Å². The molecule has 20 heavy (non-hydrogen) atoms. The predicted molar refractivity (Wildman–Crippen MR) is 80.1 cm³/mol. The Balaban J connectivity index is 1.98. The monoisotopic (exact) mass is 256 g/mol. The Bertz CT molecular complexity index is 919. The highest BCUT2D eigenvalue weighted by molar-refractivity contribution is 5.89. The van der Waals surface area contributed by atoms with Crippen LogP contribution in [0.2, 0.25) is 0 Å². The maximum Gasteiger partial charge on any atom is 0.0793 e. The fourth-order valence-corrected chi connectivity index (χ4v) is 3.32. The van der Waals surface area contributed by atoms with Crippen LogP contribution in [-0.2, 0) is 0 Å². The number of hydrogen-bond donors (Lipinski definition) is 0. The van der Waals surface area contributed by atoms with Crippen molar-refractivity contribution in [2.24, 2.45) is 0 Å². The van der Waals surface area contributed by atoms with Crippen molar-refractivity contribution in [3.63, 3.8) is 0 Å². The predicted octanol–water partition coefficient (Wildman–Crippen LogP) is 2.14. The van der Waals surface area contributed by atoms with Gasteiger partial charge in [0.2, 0.25) is 0 Å². The number of nitrogens with zero attached hydrogens (tertiary/aromatic N) is 2. The molecule has 94 valence electrons. The van der Waals surface area contributed by atoms with Crippen LogP contribution >= 0.6 is 0 Å². The summed E-state index contributed by atoms with van der Waals surface area (Å²) >= 11 is 0. The molecule has 2 heterocycles. The highest BCUT2D eigenvalue weighted by Gasteiger charge is 2.28. The van der Waals surface area contributed by atoms with E-state index in [1.54, 1.807) is 0 Å². The van der Waals surface area contributed by atoms with Gasteiger partial charge in [0, 0.05) is 34.6 Å². The minimum Gasteiger partial charge on any atom is -0.264 e. The van der Waals surface area contributed by atoms with Crippen LogP contribution in [0.1, 0.15) is 5.56 Å². The first-order valence-electron chi connectivity index (χ1n) is 6.81. The lowest BCUT2D eigenvalue weighted by Gasteiger charge is -2.35. The van der Waals surface area contributed by atoms with Gasteiger partial charge in [-0.25, -0.2) is 0 Å². The molecule has 1 aliphatic carbocycles. The molecule has 0 spiro atoms. The van der Waals surface area contributed by atoms with Crippen LogP contribution in [0.5, 0.6) is 0 Å². The summed E-state index contributed by atoms with van der Waals surface area (Å²) in [6.45, 7) is 0. The minimum atomic E-state index is 1.28. The Morgan fingerprint density at radius 2 is 1.50 bits per heavy atom. The molecule has 0 amide bonds. The first kappa shape index (κ1) is 10.1. The average molecular weight is 256 g/mol. The SMILES string of the molecule is C1=CN2C=c3cccc4c3=C(c3ccccc3-4)N2C=C1. The lowest BCUT2D eigenvalue weighted by atomic mass is 10.0. The van der Waals surface area contributed by atoms with Gasteiger partial charge in [0.1, 0.15) is 0 Å². The van der Waals surface area contributed by atoms with E-state index in [0.717, 1.165) is 0 Å².